The molecule has 0 radical (unpaired) electrons. The van der Waals surface area contributed by atoms with Gasteiger partial charge in [-0.1, -0.05) is 27.7 Å². The largest absolute Gasteiger partial charge is 0.382 e. The summed E-state index contributed by atoms with van der Waals surface area (Å²) >= 11 is 1.36. The van der Waals surface area contributed by atoms with Crippen LogP contribution >= 0.6 is 11.3 Å². The van der Waals surface area contributed by atoms with Gasteiger partial charge in [-0.15, -0.1) is 11.3 Å². The van der Waals surface area contributed by atoms with E-state index in [1.165, 1.54) is 11.3 Å². The Bertz CT molecular complexity index is 541. The molecule has 0 unspecified atom stereocenters. The van der Waals surface area contributed by atoms with Gasteiger partial charge in [-0.3, -0.25) is 9.59 Å². The molecule has 0 aliphatic carbocycles. The fourth-order valence-electron chi connectivity index (χ4n) is 2.96. The van der Waals surface area contributed by atoms with Crippen LogP contribution in [0, 0.1) is 11.3 Å². The van der Waals surface area contributed by atoms with Crippen LogP contribution in [0.1, 0.15) is 53.9 Å². The lowest BCUT2D eigenvalue weighted by molar-refractivity contribution is -0.135. The Morgan fingerprint density at radius 1 is 1.38 bits per heavy atom. The minimum absolute atomic E-state index is 0.0209. The second-order valence-electron chi connectivity index (χ2n) is 7.83. The van der Waals surface area contributed by atoms with Crippen molar-refractivity contribution in [3.8, 4) is 0 Å². The maximum absolute atomic E-state index is 12.7. The summed E-state index contributed by atoms with van der Waals surface area (Å²) in [7, 11) is 0. The Balaban J connectivity index is 2.60. The van der Waals surface area contributed by atoms with Crippen LogP contribution in [0.5, 0.6) is 0 Å². The van der Waals surface area contributed by atoms with Crippen molar-refractivity contribution in [2.45, 2.75) is 53.9 Å². The molecule has 1 aromatic rings. The molecule has 1 rings (SSSR count). The van der Waals surface area contributed by atoms with Crippen molar-refractivity contribution in [3.63, 3.8) is 0 Å². The molecule has 0 aliphatic heterocycles. The van der Waals surface area contributed by atoms with Gasteiger partial charge in [-0.2, -0.15) is 0 Å². The van der Waals surface area contributed by atoms with Crippen LogP contribution in [0.2, 0.25) is 0 Å². The van der Waals surface area contributed by atoms with Crippen LogP contribution in [-0.2, 0) is 14.3 Å². The number of nitrogens with zero attached hydrogens (tertiary/aromatic N) is 2. The fourth-order valence-corrected chi connectivity index (χ4v) is 3.50. The van der Waals surface area contributed by atoms with Crippen molar-refractivity contribution in [2.24, 2.45) is 11.3 Å². The smallest absolute Gasteiger partial charge is 0.245 e. The Morgan fingerprint density at radius 3 is 2.69 bits per heavy atom. The van der Waals surface area contributed by atoms with Gasteiger partial charge >= 0.3 is 0 Å². The molecule has 1 aromatic heterocycles. The normalized spacial score (nSPS) is 12.7. The molecule has 1 heterocycles. The number of nitrogens with one attached hydrogen (secondary N) is 1. The van der Waals surface area contributed by atoms with E-state index in [0.29, 0.717) is 31.3 Å². The summed E-state index contributed by atoms with van der Waals surface area (Å²) in [5, 5.41) is 5.10. The van der Waals surface area contributed by atoms with Gasteiger partial charge in [0.1, 0.15) is 0 Å². The van der Waals surface area contributed by atoms with Crippen molar-refractivity contribution >= 4 is 28.3 Å². The van der Waals surface area contributed by atoms with E-state index in [1.807, 2.05) is 6.92 Å². The highest BCUT2D eigenvalue weighted by atomic mass is 32.1. The number of hydrogen-bond acceptors (Lipinski definition) is 5. The maximum Gasteiger partial charge on any atom is 0.245 e. The second kappa shape index (κ2) is 11.3. The first kappa shape index (κ1) is 22.6. The molecular formula is C19H33N3O3S. The number of amides is 2. The minimum Gasteiger partial charge on any atom is -0.382 e. The Kier molecular flexibility index (Phi) is 9.80. The number of anilines is 1. The monoisotopic (exact) mass is 383 g/mol. The molecule has 0 aliphatic rings. The third-order valence-electron chi connectivity index (χ3n) is 3.77. The molecule has 1 N–H and O–H groups in total. The zero-order valence-corrected chi connectivity index (χ0v) is 17.5. The number of hydrogen-bond donors (Lipinski definition) is 1. The third-order valence-corrected chi connectivity index (χ3v) is 4.46. The average molecular weight is 384 g/mol. The molecule has 1 atom stereocenters. The van der Waals surface area contributed by atoms with Crippen LogP contribution < -0.4 is 5.32 Å². The van der Waals surface area contributed by atoms with E-state index in [0.717, 1.165) is 12.8 Å². The van der Waals surface area contributed by atoms with Crippen molar-refractivity contribution in [1.29, 1.82) is 0 Å². The summed E-state index contributed by atoms with van der Waals surface area (Å²) in [6.45, 7) is 12.4. The number of ether oxygens (including phenoxy) is 1. The van der Waals surface area contributed by atoms with E-state index in [4.69, 9.17) is 4.74 Å². The molecule has 2 amide bonds. The lowest BCUT2D eigenvalue weighted by Gasteiger charge is -2.26. The van der Waals surface area contributed by atoms with Crippen molar-refractivity contribution < 1.29 is 14.3 Å². The van der Waals surface area contributed by atoms with Gasteiger partial charge in [0.2, 0.25) is 11.8 Å². The molecule has 0 fully saturated rings. The summed E-state index contributed by atoms with van der Waals surface area (Å²) in [6, 6.07) is 0. The zero-order chi connectivity index (χ0) is 19.6. The van der Waals surface area contributed by atoms with Crippen LogP contribution in [0.3, 0.4) is 0 Å². The Morgan fingerprint density at radius 2 is 2.12 bits per heavy atom. The first-order valence-corrected chi connectivity index (χ1v) is 10.1. The Labute approximate surface area is 161 Å². The summed E-state index contributed by atoms with van der Waals surface area (Å²) in [5.74, 6) is 0.0830. The summed E-state index contributed by atoms with van der Waals surface area (Å²) in [5.41, 5.74) is 0.182. The van der Waals surface area contributed by atoms with Crippen molar-refractivity contribution in [2.75, 3.05) is 31.6 Å². The standard InChI is InChI=1S/C19H33N3O3S/c1-6-25-10-7-9-22(14-16(23)21-18-20-8-11-26-18)17(24)12-15(2)13-19(3,4)5/h8,11,15H,6-7,9-10,12-14H2,1-5H3,(H,20,21,23)/t15-/m0/s1. The average Bonchev–Trinajstić information content (AvgIpc) is 3.01. The maximum atomic E-state index is 12.7. The van der Waals surface area contributed by atoms with Gasteiger partial charge < -0.3 is 15.0 Å². The van der Waals surface area contributed by atoms with Gasteiger partial charge in [0.15, 0.2) is 5.13 Å². The highest BCUT2D eigenvalue weighted by Gasteiger charge is 2.22. The number of aromatic nitrogens is 1. The quantitative estimate of drug-likeness (QED) is 0.590. The minimum atomic E-state index is -0.215. The SMILES string of the molecule is CCOCCCN(CC(=O)Nc1nccs1)C(=O)C[C@H](C)CC(C)(C)C. The molecule has 148 valence electrons. The third kappa shape index (κ3) is 9.87. The zero-order valence-electron chi connectivity index (χ0n) is 16.7. The molecular weight excluding hydrogens is 350 g/mol. The van der Waals surface area contributed by atoms with Gasteiger partial charge in [-0.05, 0) is 31.1 Å². The van der Waals surface area contributed by atoms with Gasteiger partial charge in [-0.25, -0.2) is 4.98 Å². The highest BCUT2D eigenvalue weighted by molar-refractivity contribution is 7.13. The topological polar surface area (TPSA) is 71.5 Å². The molecule has 0 saturated heterocycles. The molecule has 7 heteroatoms. The van der Waals surface area contributed by atoms with Crippen molar-refractivity contribution in [3.05, 3.63) is 11.6 Å². The first-order valence-electron chi connectivity index (χ1n) is 9.26. The van der Waals surface area contributed by atoms with Crippen LogP contribution in [-0.4, -0.2) is 48.0 Å². The molecule has 26 heavy (non-hydrogen) atoms. The van der Waals surface area contributed by atoms with Gasteiger partial charge in [0.25, 0.3) is 0 Å². The predicted octanol–water partition coefficient (Wildman–Crippen LogP) is 3.80. The molecule has 0 saturated carbocycles. The van der Waals surface area contributed by atoms with Gasteiger partial charge in [0.05, 0.1) is 6.54 Å². The summed E-state index contributed by atoms with van der Waals surface area (Å²) in [4.78, 5) is 30.7. The Hall–Kier alpha value is -1.47. The van der Waals surface area contributed by atoms with E-state index in [-0.39, 0.29) is 29.7 Å². The van der Waals surface area contributed by atoms with E-state index in [9.17, 15) is 9.59 Å². The predicted molar refractivity (Wildman–Crippen MR) is 106 cm³/mol. The number of rotatable bonds is 11. The van der Waals surface area contributed by atoms with E-state index in [2.05, 4.69) is 38.0 Å². The van der Waals surface area contributed by atoms with Crippen LogP contribution in [0.25, 0.3) is 0 Å². The lowest BCUT2D eigenvalue weighted by Crippen LogP contribution is -2.39. The van der Waals surface area contributed by atoms with E-state index in [1.54, 1.807) is 16.5 Å². The summed E-state index contributed by atoms with van der Waals surface area (Å²) < 4.78 is 5.35. The highest BCUT2D eigenvalue weighted by Crippen LogP contribution is 2.26. The van der Waals surface area contributed by atoms with E-state index < -0.39 is 0 Å². The van der Waals surface area contributed by atoms with E-state index >= 15 is 0 Å². The lowest BCUT2D eigenvalue weighted by atomic mass is 9.84. The molecule has 0 bridgehead atoms. The second-order valence-corrected chi connectivity index (χ2v) is 8.72. The molecule has 0 aromatic carbocycles. The van der Waals surface area contributed by atoms with Crippen molar-refractivity contribution in [1.82, 2.24) is 9.88 Å². The first-order chi connectivity index (χ1) is 12.2. The molecule has 0 spiro atoms. The number of thiazole rings is 1. The number of carbonyl (C=O) groups excluding carboxylic acids is 2. The fraction of sp³-hybridized carbons (Fsp3) is 0.737. The van der Waals surface area contributed by atoms with Crippen LogP contribution in [0.4, 0.5) is 5.13 Å². The van der Waals surface area contributed by atoms with Gasteiger partial charge in [0, 0.05) is 37.8 Å². The molecule has 6 nitrogen and oxygen atoms in total. The number of carbonyl (C=O) groups is 2. The summed E-state index contributed by atoms with van der Waals surface area (Å²) in [6.07, 6.45) is 3.78. The van der Waals surface area contributed by atoms with Crippen LogP contribution in [0.15, 0.2) is 11.6 Å².